The Kier molecular flexibility index (Phi) is 2.25. The zero-order valence-electron chi connectivity index (χ0n) is 7.54. The maximum atomic E-state index is 13.1. The molecule has 0 aliphatic carbocycles. The second-order valence-electron chi connectivity index (χ2n) is 2.98. The number of nitrogens with zero attached hydrogens (tertiary/aromatic N) is 2. The first kappa shape index (κ1) is 9.21. The minimum atomic E-state index is -0.431. The predicted octanol–water partition coefficient (Wildman–Crippen LogP) is 2.97. The summed E-state index contributed by atoms with van der Waals surface area (Å²) in [5.74, 6) is -0.431. The van der Waals surface area contributed by atoms with Crippen molar-refractivity contribution < 1.29 is 4.39 Å². The maximum absolute atomic E-state index is 13.1. The normalized spacial score (nSPS) is 10.5. The minimum absolute atomic E-state index is 0.124. The highest BCUT2D eigenvalue weighted by atomic mass is 35.5. The van der Waals surface area contributed by atoms with Gasteiger partial charge in [0.25, 0.3) is 0 Å². The molecule has 1 aromatic carbocycles. The SMILES string of the molecule is Cc1ccnn1-c1ccc(Cl)c(F)c1. The molecule has 72 valence electrons. The van der Waals surface area contributed by atoms with Gasteiger partial charge in [-0.15, -0.1) is 0 Å². The van der Waals surface area contributed by atoms with Gasteiger partial charge in [0.15, 0.2) is 0 Å². The summed E-state index contributed by atoms with van der Waals surface area (Å²) < 4.78 is 14.8. The second-order valence-corrected chi connectivity index (χ2v) is 3.39. The van der Waals surface area contributed by atoms with Crippen LogP contribution in [0.25, 0.3) is 5.69 Å². The fraction of sp³-hybridized carbons (Fsp3) is 0.100. The number of aryl methyl sites for hydroxylation is 1. The molecule has 0 saturated heterocycles. The molecule has 14 heavy (non-hydrogen) atoms. The standard InChI is InChI=1S/C10H8ClFN2/c1-7-4-5-13-14(7)8-2-3-9(11)10(12)6-8/h2-6H,1H3. The van der Waals surface area contributed by atoms with Gasteiger partial charge in [0.1, 0.15) is 5.82 Å². The van der Waals surface area contributed by atoms with E-state index in [-0.39, 0.29) is 5.02 Å². The highest BCUT2D eigenvalue weighted by molar-refractivity contribution is 6.30. The van der Waals surface area contributed by atoms with Crippen molar-refractivity contribution in [2.45, 2.75) is 6.92 Å². The van der Waals surface area contributed by atoms with Crippen molar-refractivity contribution in [2.75, 3.05) is 0 Å². The molecule has 0 amide bonds. The van der Waals surface area contributed by atoms with Crippen LogP contribution in [-0.4, -0.2) is 9.78 Å². The third kappa shape index (κ3) is 1.51. The molecule has 0 N–H and O–H groups in total. The molecule has 0 saturated carbocycles. The molecule has 1 heterocycles. The zero-order chi connectivity index (χ0) is 10.1. The van der Waals surface area contributed by atoms with Crippen LogP contribution < -0.4 is 0 Å². The summed E-state index contributed by atoms with van der Waals surface area (Å²) in [5, 5.41) is 4.19. The molecule has 0 bridgehead atoms. The number of rotatable bonds is 1. The molecule has 2 aromatic rings. The molecule has 1 aromatic heterocycles. The van der Waals surface area contributed by atoms with E-state index in [1.807, 2.05) is 13.0 Å². The average molecular weight is 211 g/mol. The molecule has 0 atom stereocenters. The van der Waals surface area contributed by atoms with E-state index in [2.05, 4.69) is 5.10 Å². The predicted molar refractivity (Wildman–Crippen MR) is 53.3 cm³/mol. The highest BCUT2D eigenvalue weighted by Gasteiger charge is 2.04. The fourth-order valence-corrected chi connectivity index (χ4v) is 1.37. The van der Waals surface area contributed by atoms with Crippen molar-refractivity contribution in [3.8, 4) is 5.69 Å². The Morgan fingerprint density at radius 3 is 2.71 bits per heavy atom. The first-order valence-corrected chi connectivity index (χ1v) is 4.52. The number of aromatic nitrogens is 2. The van der Waals surface area contributed by atoms with Crippen molar-refractivity contribution in [3.05, 3.63) is 47.0 Å². The fourth-order valence-electron chi connectivity index (χ4n) is 1.26. The van der Waals surface area contributed by atoms with Crippen LogP contribution in [0.4, 0.5) is 4.39 Å². The van der Waals surface area contributed by atoms with Gasteiger partial charge < -0.3 is 0 Å². The Balaban J connectivity index is 2.53. The number of hydrogen-bond acceptors (Lipinski definition) is 1. The lowest BCUT2D eigenvalue weighted by Crippen LogP contribution is -1.98. The van der Waals surface area contributed by atoms with Crippen LogP contribution in [0.15, 0.2) is 30.5 Å². The molecule has 0 unspecified atom stereocenters. The van der Waals surface area contributed by atoms with Gasteiger partial charge in [-0.25, -0.2) is 9.07 Å². The van der Waals surface area contributed by atoms with Crippen molar-refractivity contribution in [1.82, 2.24) is 9.78 Å². The van der Waals surface area contributed by atoms with Crippen LogP contribution in [0.3, 0.4) is 0 Å². The van der Waals surface area contributed by atoms with Gasteiger partial charge in [0, 0.05) is 18.0 Å². The van der Waals surface area contributed by atoms with E-state index < -0.39 is 5.82 Å². The molecule has 0 radical (unpaired) electrons. The molecule has 0 fully saturated rings. The lowest BCUT2D eigenvalue weighted by atomic mass is 10.3. The maximum Gasteiger partial charge on any atom is 0.143 e. The van der Waals surface area contributed by atoms with Gasteiger partial charge in [0.05, 0.1) is 10.7 Å². The van der Waals surface area contributed by atoms with E-state index in [0.29, 0.717) is 5.69 Å². The summed E-state index contributed by atoms with van der Waals surface area (Å²) in [6.45, 7) is 1.90. The Morgan fingerprint density at radius 1 is 1.36 bits per heavy atom. The van der Waals surface area contributed by atoms with Gasteiger partial charge in [0.2, 0.25) is 0 Å². The third-order valence-electron chi connectivity index (χ3n) is 1.98. The number of halogens is 2. The molecule has 4 heteroatoms. The molecular weight excluding hydrogens is 203 g/mol. The van der Waals surface area contributed by atoms with Gasteiger partial charge in [-0.2, -0.15) is 5.10 Å². The molecular formula is C10H8ClFN2. The molecule has 2 nitrogen and oxygen atoms in total. The minimum Gasteiger partial charge on any atom is -0.238 e. The van der Waals surface area contributed by atoms with Gasteiger partial charge in [-0.05, 0) is 25.1 Å². The van der Waals surface area contributed by atoms with Gasteiger partial charge in [-0.1, -0.05) is 11.6 Å². The summed E-state index contributed by atoms with van der Waals surface area (Å²) >= 11 is 5.58. The third-order valence-corrected chi connectivity index (χ3v) is 2.29. The summed E-state index contributed by atoms with van der Waals surface area (Å²) in [7, 11) is 0. The zero-order valence-corrected chi connectivity index (χ0v) is 8.29. The quantitative estimate of drug-likeness (QED) is 0.708. The molecule has 0 spiro atoms. The average Bonchev–Trinajstić information content (AvgIpc) is 2.57. The molecule has 0 aliphatic rings. The van der Waals surface area contributed by atoms with Crippen molar-refractivity contribution >= 4 is 11.6 Å². The van der Waals surface area contributed by atoms with E-state index in [9.17, 15) is 4.39 Å². The number of hydrogen-bond donors (Lipinski definition) is 0. The van der Waals surface area contributed by atoms with E-state index in [4.69, 9.17) is 11.6 Å². The van der Waals surface area contributed by atoms with Crippen molar-refractivity contribution in [3.63, 3.8) is 0 Å². The van der Waals surface area contributed by atoms with E-state index in [0.717, 1.165) is 5.69 Å². The van der Waals surface area contributed by atoms with Crippen LogP contribution in [0.5, 0.6) is 0 Å². The van der Waals surface area contributed by atoms with Crippen molar-refractivity contribution in [2.24, 2.45) is 0 Å². The van der Waals surface area contributed by atoms with E-state index >= 15 is 0 Å². The lowest BCUT2D eigenvalue weighted by molar-refractivity contribution is 0.625. The largest absolute Gasteiger partial charge is 0.238 e. The summed E-state index contributed by atoms with van der Waals surface area (Å²) in [4.78, 5) is 0. The molecule has 2 rings (SSSR count). The summed E-state index contributed by atoms with van der Waals surface area (Å²) in [6.07, 6.45) is 1.67. The topological polar surface area (TPSA) is 17.8 Å². The van der Waals surface area contributed by atoms with Crippen LogP contribution in [0.1, 0.15) is 5.69 Å². The summed E-state index contributed by atoms with van der Waals surface area (Å²) in [5.41, 5.74) is 1.63. The molecule has 0 aliphatic heterocycles. The van der Waals surface area contributed by atoms with Crippen LogP contribution in [-0.2, 0) is 0 Å². The second kappa shape index (κ2) is 3.42. The Labute approximate surface area is 85.9 Å². The summed E-state index contributed by atoms with van der Waals surface area (Å²) in [6, 6.07) is 6.47. The van der Waals surface area contributed by atoms with Crippen molar-refractivity contribution in [1.29, 1.82) is 0 Å². The smallest absolute Gasteiger partial charge is 0.143 e. The van der Waals surface area contributed by atoms with Crippen LogP contribution in [0.2, 0.25) is 5.02 Å². The first-order valence-electron chi connectivity index (χ1n) is 4.14. The Bertz CT molecular complexity index is 465. The van der Waals surface area contributed by atoms with E-state index in [1.54, 1.807) is 16.9 Å². The van der Waals surface area contributed by atoms with E-state index in [1.165, 1.54) is 12.1 Å². The number of benzene rings is 1. The first-order chi connectivity index (χ1) is 6.68. The highest BCUT2D eigenvalue weighted by Crippen LogP contribution is 2.18. The van der Waals surface area contributed by atoms with Gasteiger partial charge in [-0.3, -0.25) is 0 Å². The van der Waals surface area contributed by atoms with Crippen LogP contribution >= 0.6 is 11.6 Å². The monoisotopic (exact) mass is 210 g/mol. The van der Waals surface area contributed by atoms with Crippen LogP contribution in [0, 0.1) is 12.7 Å². The Morgan fingerprint density at radius 2 is 2.14 bits per heavy atom. The van der Waals surface area contributed by atoms with Gasteiger partial charge >= 0.3 is 0 Å². The Hall–Kier alpha value is -1.35. The lowest BCUT2D eigenvalue weighted by Gasteiger charge is -2.04.